The Bertz CT molecular complexity index is 156. The average molecular weight is 192 g/mol. The summed E-state index contributed by atoms with van der Waals surface area (Å²) in [5, 5.41) is 0. The number of rotatable bonds is 4. The molecular weight excluding hydrogens is 180 g/mol. The Labute approximate surface area is 74.5 Å². The molecule has 0 rings (SSSR count). The lowest BCUT2D eigenvalue weighted by atomic mass is 10.5. The van der Waals surface area contributed by atoms with Crippen LogP contribution in [0.2, 0.25) is 0 Å². The van der Waals surface area contributed by atoms with Crippen LogP contribution < -0.4 is 22.5 Å². The van der Waals surface area contributed by atoms with Gasteiger partial charge in [-0.2, -0.15) is 0 Å². The highest BCUT2D eigenvalue weighted by Crippen LogP contribution is 1.85. The van der Waals surface area contributed by atoms with Gasteiger partial charge in [0.05, 0.1) is 13.2 Å². The quantitative estimate of drug-likeness (QED) is 0.187. The molecule has 0 aromatic rings. The van der Waals surface area contributed by atoms with E-state index in [1.54, 1.807) is 10.9 Å². The summed E-state index contributed by atoms with van der Waals surface area (Å²) < 4.78 is 8.98. The van der Waals surface area contributed by atoms with Crippen LogP contribution in [-0.2, 0) is 9.47 Å². The molecule has 0 atom stereocenters. The first kappa shape index (κ1) is 11.5. The third-order valence-corrected chi connectivity index (χ3v) is 0.991. The highest BCUT2D eigenvalue weighted by Gasteiger charge is 1.99. The van der Waals surface area contributed by atoms with Gasteiger partial charge in [-0.3, -0.25) is 10.9 Å². The van der Waals surface area contributed by atoms with Crippen LogP contribution >= 0.6 is 0 Å². The lowest BCUT2D eigenvalue weighted by Gasteiger charge is -2.04. The Morgan fingerprint density at radius 3 is 1.69 bits per heavy atom. The smallest absolute Gasteiger partial charge is 0.421 e. The average Bonchev–Trinajstić information content (AvgIpc) is 2.16. The van der Waals surface area contributed by atoms with Crippen LogP contribution in [0, 0.1) is 0 Å². The molecule has 0 spiro atoms. The Morgan fingerprint density at radius 2 is 1.38 bits per heavy atom. The van der Waals surface area contributed by atoms with Gasteiger partial charge in [0.25, 0.3) is 0 Å². The van der Waals surface area contributed by atoms with Crippen molar-refractivity contribution in [3.05, 3.63) is 0 Å². The van der Waals surface area contributed by atoms with Crippen molar-refractivity contribution < 1.29 is 19.1 Å². The van der Waals surface area contributed by atoms with Crippen LogP contribution in [0.4, 0.5) is 9.59 Å². The summed E-state index contributed by atoms with van der Waals surface area (Å²) in [6.07, 6.45) is -1.09. The topological polar surface area (TPSA) is 129 Å². The molecule has 6 N–H and O–H groups in total. The molecule has 13 heavy (non-hydrogen) atoms. The zero-order valence-corrected chi connectivity index (χ0v) is 6.91. The molecule has 8 nitrogen and oxygen atoms in total. The van der Waals surface area contributed by atoms with E-state index in [1.807, 2.05) is 0 Å². The number of hydrogen-bond donors (Lipinski definition) is 4. The summed E-state index contributed by atoms with van der Waals surface area (Å²) in [6.45, 7) is 0.224. The zero-order valence-electron chi connectivity index (χ0n) is 6.91. The van der Waals surface area contributed by atoms with Crippen LogP contribution in [0.15, 0.2) is 0 Å². The molecule has 0 unspecified atom stereocenters. The van der Waals surface area contributed by atoms with Crippen molar-refractivity contribution in [2.45, 2.75) is 6.42 Å². The zero-order chi connectivity index (χ0) is 10.1. The third-order valence-electron chi connectivity index (χ3n) is 0.991. The van der Waals surface area contributed by atoms with Crippen LogP contribution in [-0.4, -0.2) is 25.4 Å². The molecule has 0 saturated heterocycles. The maximum atomic E-state index is 10.4. The van der Waals surface area contributed by atoms with Gasteiger partial charge < -0.3 is 9.47 Å². The molecule has 0 aliphatic carbocycles. The Balaban J connectivity index is 3.17. The van der Waals surface area contributed by atoms with E-state index < -0.39 is 12.2 Å². The van der Waals surface area contributed by atoms with Crippen LogP contribution in [0.5, 0.6) is 0 Å². The van der Waals surface area contributed by atoms with Gasteiger partial charge in [0.1, 0.15) is 0 Å². The van der Waals surface area contributed by atoms with Crippen molar-refractivity contribution in [3.8, 4) is 0 Å². The lowest BCUT2D eigenvalue weighted by molar-refractivity contribution is 0.118. The second-order valence-electron chi connectivity index (χ2n) is 1.91. The van der Waals surface area contributed by atoms with Crippen molar-refractivity contribution >= 4 is 12.2 Å². The predicted molar refractivity (Wildman–Crippen MR) is 42.0 cm³/mol. The van der Waals surface area contributed by atoms with Gasteiger partial charge in [0.2, 0.25) is 0 Å². The number of nitrogens with two attached hydrogens (primary N) is 2. The molecular formula is C5H12N4O4. The molecule has 0 aliphatic heterocycles. The molecule has 2 amide bonds. The summed E-state index contributed by atoms with van der Waals surface area (Å²) in [7, 11) is 0. The molecule has 0 aromatic carbocycles. The van der Waals surface area contributed by atoms with E-state index in [4.69, 9.17) is 11.7 Å². The molecule has 76 valence electrons. The number of carbonyl (C=O) groups excluding carboxylic acids is 2. The molecule has 0 aromatic heterocycles. The normalized spacial score (nSPS) is 8.77. The highest BCUT2D eigenvalue weighted by molar-refractivity contribution is 5.66. The number of hydrogen-bond acceptors (Lipinski definition) is 6. The lowest BCUT2D eigenvalue weighted by Crippen LogP contribution is -2.32. The van der Waals surface area contributed by atoms with Crippen molar-refractivity contribution in [2.75, 3.05) is 13.2 Å². The van der Waals surface area contributed by atoms with Gasteiger partial charge in [0.15, 0.2) is 0 Å². The molecule has 8 heteroatoms. The molecule has 0 fully saturated rings. The summed E-state index contributed by atoms with van der Waals surface area (Å²) in [5.74, 6) is 9.44. The van der Waals surface area contributed by atoms with E-state index in [-0.39, 0.29) is 13.2 Å². The second-order valence-corrected chi connectivity index (χ2v) is 1.91. The number of amides is 2. The van der Waals surface area contributed by atoms with E-state index in [9.17, 15) is 9.59 Å². The van der Waals surface area contributed by atoms with E-state index in [0.29, 0.717) is 6.42 Å². The first-order valence-electron chi connectivity index (χ1n) is 3.47. The summed E-state index contributed by atoms with van der Waals surface area (Å²) in [5.41, 5.74) is 3.55. The Morgan fingerprint density at radius 1 is 1.00 bits per heavy atom. The standard InChI is InChI=1S/C5H12N4O4/c6-8-4(10)12-2-1-3-13-5(11)9-7/h1-3,6-7H2,(H,8,10)(H,9,11). The fourth-order valence-electron chi connectivity index (χ4n) is 0.472. The maximum Gasteiger partial charge on any atom is 0.421 e. The molecule has 0 aliphatic rings. The van der Waals surface area contributed by atoms with Crippen molar-refractivity contribution in [3.63, 3.8) is 0 Å². The van der Waals surface area contributed by atoms with E-state index >= 15 is 0 Å². The largest absolute Gasteiger partial charge is 0.448 e. The fraction of sp³-hybridized carbons (Fsp3) is 0.600. The van der Waals surface area contributed by atoms with Gasteiger partial charge in [-0.05, 0) is 0 Å². The second kappa shape index (κ2) is 7.13. The van der Waals surface area contributed by atoms with E-state index in [1.165, 1.54) is 0 Å². The van der Waals surface area contributed by atoms with Crippen LogP contribution in [0.3, 0.4) is 0 Å². The number of ether oxygens (including phenoxy) is 2. The molecule has 0 bridgehead atoms. The van der Waals surface area contributed by atoms with Crippen LogP contribution in [0.1, 0.15) is 6.42 Å². The molecule has 0 saturated carbocycles. The number of nitrogens with one attached hydrogen (secondary N) is 2. The summed E-state index contributed by atoms with van der Waals surface area (Å²) in [4.78, 5) is 20.7. The molecule has 0 heterocycles. The van der Waals surface area contributed by atoms with E-state index in [0.717, 1.165) is 0 Å². The minimum absolute atomic E-state index is 0.112. The maximum absolute atomic E-state index is 10.4. The molecule has 0 radical (unpaired) electrons. The SMILES string of the molecule is NNC(=O)OCCCOC(=O)NN. The highest BCUT2D eigenvalue weighted by atomic mass is 16.6. The van der Waals surface area contributed by atoms with Gasteiger partial charge in [-0.15, -0.1) is 0 Å². The first-order valence-corrected chi connectivity index (χ1v) is 3.47. The van der Waals surface area contributed by atoms with Gasteiger partial charge in [0, 0.05) is 6.42 Å². The first-order chi connectivity index (χ1) is 6.20. The van der Waals surface area contributed by atoms with Crippen molar-refractivity contribution in [2.24, 2.45) is 11.7 Å². The minimum Gasteiger partial charge on any atom is -0.448 e. The summed E-state index contributed by atoms with van der Waals surface area (Å²) in [6, 6.07) is 0. The van der Waals surface area contributed by atoms with Gasteiger partial charge in [-0.1, -0.05) is 0 Å². The fourth-order valence-corrected chi connectivity index (χ4v) is 0.472. The Hall–Kier alpha value is -1.54. The summed E-state index contributed by atoms with van der Waals surface area (Å²) >= 11 is 0. The monoisotopic (exact) mass is 192 g/mol. The predicted octanol–water partition coefficient (Wildman–Crippen LogP) is -1.42. The number of carbonyl (C=O) groups is 2. The van der Waals surface area contributed by atoms with Crippen molar-refractivity contribution in [1.29, 1.82) is 0 Å². The van der Waals surface area contributed by atoms with Gasteiger partial charge in [-0.25, -0.2) is 21.3 Å². The van der Waals surface area contributed by atoms with Crippen LogP contribution in [0.25, 0.3) is 0 Å². The minimum atomic E-state index is -0.733. The van der Waals surface area contributed by atoms with Gasteiger partial charge >= 0.3 is 12.2 Å². The van der Waals surface area contributed by atoms with E-state index in [2.05, 4.69) is 9.47 Å². The van der Waals surface area contributed by atoms with Crippen molar-refractivity contribution in [1.82, 2.24) is 10.9 Å². The Kier molecular flexibility index (Phi) is 6.28. The third kappa shape index (κ3) is 6.84. The number of hydrazine groups is 2.